The van der Waals surface area contributed by atoms with E-state index in [1.807, 2.05) is 43.3 Å². The first-order chi connectivity index (χ1) is 14.6. The van der Waals surface area contributed by atoms with Crippen LogP contribution in [0.1, 0.15) is 30.7 Å². The molecule has 1 aliphatic heterocycles. The standard InChI is InChI=1S/C23H26N4O3/c1-16-7-12-19(20(14-16)29-2)30-15-22(28)24-18-10-8-17(9-11-18)23-26-25-21-6-4-3-5-13-27(21)23/h7-12,14H,3-6,13,15H2,1-2H3,(H,24,28). The van der Waals surface area contributed by atoms with E-state index in [1.165, 1.54) is 12.8 Å². The van der Waals surface area contributed by atoms with Crippen LogP contribution in [0.25, 0.3) is 11.4 Å². The Bertz CT molecular complexity index is 1030. The summed E-state index contributed by atoms with van der Waals surface area (Å²) >= 11 is 0. The van der Waals surface area contributed by atoms with E-state index in [0.29, 0.717) is 17.2 Å². The molecule has 7 heteroatoms. The molecule has 0 spiro atoms. The monoisotopic (exact) mass is 406 g/mol. The van der Waals surface area contributed by atoms with E-state index in [-0.39, 0.29) is 12.5 Å². The number of hydrogen-bond acceptors (Lipinski definition) is 5. The maximum atomic E-state index is 12.3. The highest BCUT2D eigenvalue weighted by Gasteiger charge is 2.16. The molecule has 0 aliphatic carbocycles. The Morgan fingerprint density at radius 1 is 1.07 bits per heavy atom. The van der Waals surface area contributed by atoms with Gasteiger partial charge in [-0.2, -0.15) is 0 Å². The summed E-state index contributed by atoms with van der Waals surface area (Å²) in [4.78, 5) is 12.3. The summed E-state index contributed by atoms with van der Waals surface area (Å²) < 4.78 is 13.1. The third-order valence-electron chi connectivity index (χ3n) is 5.21. The van der Waals surface area contributed by atoms with Crippen molar-refractivity contribution < 1.29 is 14.3 Å². The van der Waals surface area contributed by atoms with Gasteiger partial charge in [0.25, 0.3) is 5.91 Å². The third-order valence-corrected chi connectivity index (χ3v) is 5.21. The average molecular weight is 406 g/mol. The van der Waals surface area contributed by atoms with Gasteiger partial charge in [0.15, 0.2) is 23.9 Å². The summed E-state index contributed by atoms with van der Waals surface area (Å²) in [5.41, 5.74) is 2.77. The van der Waals surface area contributed by atoms with Crippen molar-refractivity contribution in [3.05, 3.63) is 53.9 Å². The van der Waals surface area contributed by atoms with Crippen molar-refractivity contribution in [3.63, 3.8) is 0 Å². The molecule has 0 bridgehead atoms. The van der Waals surface area contributed by atoms with Crippen molar-refractivity contribution >= 4 is 11.6 Å². The zero-order chi connectivity index (χ0) is 20.9. The number of carbonyl (C=O) groups excluding carboxylic acids is 1. The summed E-state index contributed by atoms with van der Waals surface area (Å²) in [7, 11) is 1.58. The molecule has 2 aromatic carbocycles. The Kier molecular flexibility index (Phi) is 5.97. The van der Waals surface area contributed by atoms with E-state index in [0.717, 1.165) is 42.2 Å². The minimum Gasteiger partial charge on any atom is -0.493 e. The van der Waals surface area contributed by atoms with Crippen LogP contribution >= 0.6 is 0 Å². The summed E-state index contributed by atoms with van der Waals surface area (Å²) in [6.07, 6.45) is 4.52. The Morgan fingerprint density at radius 3 is 2.70 bits per heavy atom. The highest BCUT2D eigenvalue weighted by molar-refractivity contribution is 5.92. The van der Waals surface area contributed by atoms with Gasteiger partial charge in [-0.15, -0.1) is 10.2 Å². The molecule has 1 amide bonds. The van der Waals surface area contributed by atoms with Crippen molar-refractivity contribution in [2.75, 3.05) is 19.0 Å². The summed E-state index contributed by atoms with van der Waals surface area (Å²) in [5, 5.41) is 11.6. The van der Waals surface area contributed by atoms with E-state index in [9.17, 15) is 4.79 Å². The van der Waals surface area contributed by atoms with Gasteiger partial charge in [0.05, 0.1) is 7.11 Å². The van der Waals surface area contributed by atoms with Gasteiger partial charge in [-0.1, -0.05) is 12.5 Å². The number of anilines is 1. The Balaban J connectivity index is 1.38. The smallest absolute Gasteiger partial charge is 0.262 e. The number of methoxy groups -OCH3 is 1. The quantitative estimate of drug-likeness (QED) is 0.669. The minimum atomic E-state index is -0.235. The van der Waals surface area contributed by atoms with E-state index < -0.39 is 0 Å². The van der Waals surface area contributed by atoms with Crippen molar-refractivity contribution in [2.45, 2.75) is 39.2 Å². The minimum absolute atomic E-state index is 0.0984. The molecule has 0 unspecified atom stereocenters. The van der Waals surface area contributed by atoms with Crippen LogP contribution in [-0.4, -0.2) is 34.4 Å². The van der Waals surface area contributed by atoms with E-state index in [2.05, 4.69) is 20.1 Å². The normalized spacial score (nSPS) is 13.3. The Hall–Kier alpha value is -3.35. The van der Waals surface area contributed by atoms with Gasteiger partial charge in [-0.05, 0) is 61.7 Å². The van der Waals surface area contributed by atoms with Gasteiger partial charge in [0.1, 0.15) is 5.82 Å². The second-order valence-corrected chi connectivity index (χ2v) is 7.47. The molecule has 0 radical (unpaired) electrons. The van der Waals surface area contributed by atoms with Crippen molar-refractivity contribution in [1.82, 2.24) is 14.8 Å². The second kappa shape index (κ2) is 8.98. The predicted molar refractivity (Wildman–Crippen MR) is 115 cm³/mol. The van der Waals surface area contributed by atoms with Crippen LogP contribution in [0.3, 0.4) is 0 Å². The molecule has 30 heavy (non-hydrogen) atoms. The van der Waals surface area contributed by atoms with Gasteiger partial charge in [-0.3, -0.25) is 4.79 Å². The van der Waals surface area contributed by atoms with E-state index >= 15 is 0 Å². The number of aromatic nitrogens is 3. The first-order valence-electron chi connectivity index (χ1n) is 10.2. The first kappa shape index (κ1) is 19.9. The number of ether oxygens (including phenoxy) is 2. The maximum absolute atomic E-state index is 12.3. The van der Waals surface area contributed by atoms with Gasteiger partial charge < -0.3 is 19.4 Å². The van der Waals surface area contributed by atoms with Crippen LogP contribution in [0, 0.1) is 6.92 Å². The fourth-order valence-corrected chi connectivity index (χ4v) is 3.64. The number of carbonyl (C=O) groups is 1. The number of amides is 1. The Morgan fingerprint density at radius 2 is 1.90 bits per heavy atom. The lowest BCUT2D eigenvalue weighted by atomic mass is 10.2. The molecule has 0 saturated heterocycles. The lowest BCUT2D eigenvalue weighted by Gasteiger charge is -2.12. The molecule has 3 aromatic rings. The topological polar surface area (TPSA) is 78.3 Å². The van der Waals surface area contributed by atoms with Gasteiger partial charge in [0, 0.05) is 24.2 Å². The lowest BCUT2D eigenvalue weighted by Crippen LogP contribution is -2.20. The number of fused-ring (bicyclic) bond motifs is 1. The van der Waals surface area contributed by atoms with Crippen LogP contribution in [0.15, 0.2) is 42.5 Å². The molecule has 1 N–H and O–H groups in total. The molecule has 1 aliphatic rings. The zero-order valence-electron chi connectivity index (χ0n) is 17.4. The number of benzene rings is 2. The van der Waals surface area contributed by atoms with Crippen molar-refractivity contribution in [3.8, 4) is 22.9 Å². The number of aryl methyl sites for hydroxylation is 2. The summed E-state index contributed by atoms with van der Waals surface area (Å²) in [6, 6.07) is 13.3. The summed E-state index contributed by atoms with van der Waals surface area (Å²) in [6.45, 7) is 2.83. The van der Waals surface area contributed by atoms with Crippen LogP contribution in [-0.2, 0) is 17.8 Å². The average Bonchev–Trinajstić information content (AvgIpc) is 3.01. The van der Waals surface area contributed by atoms with Gasteiger partial charge in [0.2, 0.25) is 0 Å². The van der Waals surface area contributed by atoms with Crippen LogP contribution in [0.4, 0.5) is 5.69 Å². The number of hydrogen-bond donors (Lipinski definition) is 1. The SMILES string of the molecule is COc1cc(C)ccc1OCC(=O)Nc1ccc(-c2nnc3n2CCCCC3)cc1. The summed E-state index contributed by atoms with van der Waals surface area (Å²) in [5.74, 6) is 2.87. The maximum Gasteiger partial charge on any atom is 0.262 e. The third kappa shape index (κ3) is 4.45. The number of nitrogens with zero attached hydrogens (tertiary/aromatic N) is 3. The highest BCUT2D eigenvalue weighted by Crippen LogP contribution is 2.28. The molecule has 0 atom stereocenters. The Labute approximate surface area is 176 Å². The van der Waals surface area contributed by atoms with Crippen molar-refractivity contribution in [2.24, 2.45) is 0 Å². The molecule has 2 heterocycles. The second-order valence-electron chi connectivity index (χ2n) is 7.47. The molecule has 7 nitrogen and oxygen atoms in total. The lowest BCUT2D eigenvalue weighted by molar-refractivity contribution is -0.118. The first-order valence-corrected chi connectivity index (χ1v) is 10.2. The largest absolute Gasteiger partial charge is 0.493 e. The molecular weight excluding hydrogens is 380 g/mol. The highest BCUT2D eigenvalue weighted by atomic mass is 16.5. The fourth-order valence-electron chi connectivity index (χ4n) is 3.64. The van der Waals surface area contributed by atoms with Crippen LogP contribution in [0.2, 0.25) is 0 Å². The molecule has 4 rings (SSSR count). The molecule has 1 aromatic heterocycles. The van der Waals surface area contributed by atoms with Crippen LogP contribution in [0.5, 0.6) is 11.5 Å². The van der Waals surface area contributed by atoms with Gasteiger partial charge in [-0.25, -0.2) is 0 Å². The molecular formula is C23H26N4O3. The molecule has 0 fully saturated rings. The van der Waals surface area contributed by atoms with E-state index in [4.69, 9.17) is 9.47 Å². The predicted octanol–water partition coefficient (Wildman–Crippen LogP) is 4.01. The van der Waals surface area contributed by atoms with Gasteiger partial charge >= 0.3 is 0 Å². The molecule has 0 saturated carbocycles. The van der Waals surface area contributed by atoms with E-state index in [1.54, 1.807) is 13.2 Å². The zero-order valence-corrected chi connectivity index (χ0v) is 17.4. The number of nitrogens with one attached hydrogen (secondary N) is 1. The number of rotatable bonds is 6. The fraction of sp³-hybridized carbons (Fsp3) is 0.348. The van der Waals surface area contributed by atoms with Crippen LogP contribution < -0.4 is 14.8 Å². The molecule has 156 valence electrons. The van der Waals surface area contributed by atoms with Crippen molar-refractivity contribution in [1.29, 1.82) is 0 Å².